The van der Waals surface area contributed by atoms with Gasteiger partial charge in [-0.05, 0) is 65.1 Å². The van der Waals surface area contributed by atoms with Crippen LogP contribution >= 0.6 is 15.9 Å². The molecule has 1 atom stereocenters. The number of pyridine rings is 1. The predicted molar refractivity (Wildman–Crippen MR) is 80.8 cm³/mol. The lowest BCUT2D eigenvalue weighted by Gasteiger charge is -2.31. The molecule has 3 nitrogen and oxygen atoms in total. The molecule has 2 saturated carbocycles. The summed E-state index contributed by atoms with van der Waals surface area (Å²) in [6.45, 7) is 3.10. The molecule has 0 radical (unpaired) electrons. The van der Waals surface area contributed by atoms with E-state index in [1.54, 1.807) is 0 Å². The largest absolute Gasteiger partial charge is 0.329 e. The monoisotopic (exact) mass is 323 g/mol. The highest BCUT2D eigenvalue weighted by Gasteiger charge is 2.32. The summed E-state index contributed by atoms with van der Waals surface area (Å²) in [6, 6.07) is 2.49. The lowest BCUT2D eigenvalue weighted by atomic mass is 10.1. The molecular weight excluding hydrogens is 302 g/mol. The molecule has 2 N–H and O–H groups in total. The fraction of sp³-hybridized carbons (Fsp3) is 0.667. The average molecular weight is 324 g/mol. The predicted octanol–water partition coefficient (Wildman–Crippen LogP) is 2.97. The number of hydrogen-bond donors (Lipinski definition) is 1. The molecule has 0 bridgehead atoms. The Hall–Kier alpha value is -0.450. The molecule has 4 heteroatoms. The first-order chi connectivity index (χ1) is 9.26. The van der Waals surface area contributed by atoms with Crippen molar-refractivity contribution in [1.82, 2.24) is 9.88 Å². The minimum Gasteiger partial charge on any atom is -0.329 e. The maximum Gasteiger partial charge on any atom is 0.0486 e. The van der Waals surface area contributed by atoms with Gasteiger partial charge in [0, 0.05) is 42.5 Å². The summed E-state index contributed by atoms with van der Waals surface area (Å²) in [6.07, 6.45) is 9.40. The molecule has 1 unspecified atom stereocenters. The van der Waals surface area contributed by atoms with Gasteiger partial charge in [0.25, 0.3) is 0 Å². The Kier molecular flexibility index (Phi) is 4.20. The SMILES string of the molecule is NCC(c1cncc(Br)c1)N(CC1CC1)CC1CC1. The van der Waals surface area contributed by atoms with E-state index in [4.69, 9.17) is 5.73 Å². The van der Waals surface area contributed by atoms with E-state index in [2.05, 4.69) is 31.9 Å². The van der Waals surface area contributed by atoms with Crippen molar-refractivity contribution < 1.29 is 0 Å². The van der Waals surface area contributed by atoms with Gasteiger partial charge in [-0.2, -0.15) is 0 Å². The normalized spacial score (nSPS) is 20.8. The lowest BCUT2D eigenvalue weighted by Crippen LogP contribution is -2.36. The van der Waals surface area contributed by atoms with Crippen LogP contribution in [0.25, 0.3) is 0 Å². The summed E-state index contributed by atoms with van der Waals surface area (Å²) in [7, 11) is 0. The van der Waals surface area contributed by atoms with Crippen molar-refractivity contribution in [2.24, 2.45) is 17.6 Å². The van der Waals surface area contributed by atoms with Gasteiger partial charge in [0.15, 0.2) is 0 Å². The summed E-state index contributed by atoms with van der Waals surface area (Å²) < 4.78 is 1.04. The van der Waals surface area contributed by atoms with Crippen molar-refractivity contribution in [2.75, 3.05) is 19.6 Å². The third-order valence-corrected chi connectivity index (χ3v) is 4.59. The van der Waals surface area contributed by atoms with Crippen molar-refractivity contribution in [3.63, 3.8) is 0 Å². The Morgan fingerprint density at radius 1 is 1.21 bits per heavy atom. The van der Waals surface area contributed by atoms with Crippen LogP contribution in [0.3, 0.4) is 0 Å². The number of aromatic nitrogens is 1. The van der Waals surface area contributed by atoms with E-state index < -0.39 is 0 Å². The number of nitrogens with zero attached hydrogens (tertiary/aromatic N) is 2. The second-order valence-corrected chi connectivity index (χ2v) is 6.94. The zero-order chi connectivity index (χ0) is 13.2. The van der Waals surface area contributed by atoms with Gasteiger partial charge < -0.3 is 5.73 Å². The highest BCUT2D eigenvalue weighted by Crippen LogP contribution is 2.37. The minimum absolute atomic E-state index is 0.325. The van der Waals surface area contributed by atoms with Crippen molar-refractivity contribution in [2.45, 2.75) is 31.7 Å². The molecule has 19 heavy (non-hydrogen) atoms. The number of nitrogens with two attached hydrogens (primary N) is 1. The zero-order valence-electron chi connectivity index (χ0n) is 11.3. The Morgan fingerprint density at radius 3 is 2.32 bits per heavy atom. The average Bonchev–Trinajstić information content (AvgIpc) is 3.25. The molecule has 0 amide bonds. The zero-order valence-corrected chi connectivity index (χ0v) is 12.8. The maximum absolute atomic E-state index is 6.06. The van der Waals surface area contributed by atoms with Crippen LogP contribution in [0, 0.1) is 11.8 Å². The van der Waals surface area contributed by atoms with E-state index in [1.807, 2.05) is 12.4 Å². The molecule has 3 rings (SSSR count). The van der Waals surface area contributed by atoms with Gasteiger partial charge in [-0.3, -0.25) is 9.88 Å². The first kappa shape index (κ1) is 13.5. The van der Waals surface area contributed by atoms with Crippen molar-refractivity contribution >= 4 is 15.9 Å². The van der Waals surface area contributed by atoms with Crippen LogP contribution in [0.1, 0.15) is 37.3 Å². The van der Waals surface area contributed by atoms with Crippen LogP contribution in [0.5, 0.6) is 0 Å². The van der Waals surface area contributed by atoms with Gasteiger partial charge in [0.1, 0.15) is 0 Å². The van der Waals surface area contributed by atoms with Crippen LogP contribution in [0.2, 0.25) is 0 Å². The fourth-order valence-corrected chi connectivity index (χ4v) is 3.08. The molecule has 1 aromatic heterocycles. The number of rotatable bonds is 7. The first-order valence-corrected chi connectivity index (χ1v) is 8.10. The van der Waals surface area contributed by atoms with Gasteiger partial charge in [0.2, 0.25) is 0 Å². The summed E-state index contributed by atoms with van der Waals surface area (Å²) in [5.74, 6) is 1.82. The molecule has 2 fully saturated rings. The topological polar surface area (TPSA) is 42.1 Å². The fourth-order valence-electron chi connectivity index (χ4n) is 2.70. The molecule has 2 aliphatic carbocycles. The number of hydrogen-bond acceptors (Lipinski definition) is 3. The summed E-state index contributed by atoms with van der Waals surface area (Å²) in [5.41, 5.74) is 7.31. The van der Waals surface area contributed by atoms with E-state index in [0.717, 1.165) is 16.3 Å². The molecule has 0 aromatic carbocycles. The maximum atomic E-state index is 6.06. The number of halogens is 1. The van der Waals surface area contributed by atoms with Gasteiger partial charge in [-0.15, -0.1) is 0 Å². The van der Waals surface area contributed by atoms with E-state index >= 15 is 0 Å². The van der Waals surface area contributed by atoms with Gasteiger partial charge >= 0.3 is 0 Å². The highest BCUT2D eigenvalue weighted by molar-refractivity contribution is 9.10. The third kappa shape index (κ3) is 3.77. The second-order valence-electron chi connectivity index (χ2n) is 6.03. The van der Waals surface area contributed by atoms with E-state index in [1.165, 1.54) is 44.3 Å². The highest BCUT2D eigenvalue weighted by atomic mass is 79.9. The quantitative estimate of drug-likeness (QED) is 0.838. The van der Waals surface area contributed by atoms with E-state index in [-0.39, 0.29) is 0 Å². The molecule has 104 valence electrons. The first-order valence-electron chi connectivity index (χ1n) is 7.31. The Labute approximate surface area is 123 Å². The molecule has 1 heterocycles. The Morgan fingerprint density at radius 2 is 1.84 bits per heavy atom. The van der Waals surface area contributed by atoms with Crippen molar-refractivity contribution in [3.8, 4) is 0 Å². The van der Waals surface area contributed by atoms with E-state index in [9.17, 15) is 0 Å². The van der Waals surface area contributed by atoms with Gasteiger partial charge in [0.05, 0.1) is 0 Å². The van der Waals surface area contributed by atoms with Crippen molar-refractivity contribution in [3.05, 3.63) is 28.5 Å². The van der Waals surface area contributed by atoms with Crippen LogP contribution in [0.15, 0.2) is 22.9 Å². The van der Waals surface area contributed by atoms with Crippen LogP contribution in [-0.4, -0.2) is 29.5 Å². The molecular formula is C15H22BrN3. The molecule has 0 spiro atoms. The Bertz CT molecular complexity index is 415. The summed E-state index contributed by atoms with van der Waals surface area (Å²) >= 11 is 3.51. The molecule has 1 aromatic rings. The summed E-state index contributed by atoms with van der Waals surface area (Å²) in [4.78, 5) is 6.91. The minimum atomic E-state index is 0.325. The van der Waals surface area contributed by atoms with Gasteiger partial charge in [-0.1, -0.05) is 0 Å². The van der Waals surface area contributed by atoms with Crippen molar-refractivity contribution in [1.29, 1.82) is 0 Å². The third-order valence-electron chi connectivity index (χ3n) is 4.15. The molecule has 0 aliphatic heterocycles. The van der Waals surface area contributed by atoms with E-state index in [0.29, 0.717) is 12.6 Å². The lowest BCUT2D eigenvalue weighted by molar-refractivity contribution is 0.184. The Balaban J connectivity index is 1.75. The standard InChI is InChI=1S/C15H22BrN3/c16-14-5-13(7-18-8-14)15(6-17)19(9-11-1-2-11)10-12-3-4-12/h5,7-8,11-12,15H,1-4,6,9-10,17H2. The van der Waals surface area contributed by atoms with Crippen LogP contribution in [0.4, 0.5) is 0 Å². The smallest absolute Gasteiger partial charge is 0.0486 e. The second kappa shape index (κ2) is 5.90. The summed E-state index contributed by atoms with van der Waals surface area (Å²) in [5, 5.41) is 0. The van der Waals surface area contributed by atoms with Crippen LogP contribution < -0.4 is 5.73 Å². The molecule has 2 aliphatic rings. The molecule has 0 saturated heterocycles. The van der Waals surface area contributed by atoms with Gasteiger partial charge in [-0.25, -0.2) is 0 Å². The van der Waals surface area contributed by atoms with Crippen LogP contribution in [-0.2, 0) is 0 Å².